The van der Waals surface area contributed by atoms with Gasteiger partial charge in [-0.05, 0) is 19.9 Å². The molecule has 118 valence electrons. The molecule has 2 amide bonds. The highest BCUT2D eigenvalue weighted by Crippen LogP contribution is 2.15. The van der Waals surface area contributed by atoms with Crippen molar-refractivity contribution >= 4 is 6.03 Å². The van der Waals surface area contributed by atoms with Crippen LogP contribution in [0.3, 0.4) is 0 Å². The number of imidazole rings is 1. The number of urea groups is 1. The van der Waals surface area contributed by atoms with Crippen molar-refractivity contribution in [2.45, 2.75) is 33.0 Å². The molecule has 7 nitrogen and oxygen atoms in total. The molecule has 0 aliphatic rings. The lowest BCUT2D eigenvalue weighted by Crippen LogP contribution is -2.42. The molecular formula is C15H21N5O2. The Kier molecular flexibility index (Phi) is 5.35. The number of hydrogen-bond donors (Lipinski definition) is 2. The molecule has 0 fully saturated rings. The van der Waals surface area contributed by atoms with E-state index in [4.69, 9.17) is 4.74 Å². The Labute approximate surface area is 129 Å². The van der Waals surface area contributed by atoms with Gasteiger partial charge in [-0.3, -0.25) is 0 Å². The molecule has 2 heterocycles. The molecule has 2 aromatic heterocycles. The van der Waals surface area contributed by atoms with E-state index in [2.05, 4.69) is 20.6 Å². The Bertz CT molecular complexity index is 612. The average Bonchev–Trinajstić information content (AvgIpc) is 2.98. The number of methoxy groups -OCH3 is 1. The summed E-state index contributed by atoms with van der Waals surface area (Å²) in [5.74, 6) is 0.534. The number of nitrogens with zero attached hydrogens (tertiary/aromatic N) is 3. The van der Waals surface area contributed by atoms with E-state index in [1.165, 1.54) is 0 Å². The first kappa shape index (κ1) is 15.8. The molecule has 0 saturated carbocycles. The number of amides is 2. The van der Waals surface area contributed by atoms with Gasteiger partial charge in [0.25, 0.3) is 0 Å². The minimum absolute atomic E-state index is 0.00719. The average molecular weight is 303 g/mol. The van der Waals surface area contributed by atoms with Gasteiger partial charge in [-0.25, -0.2) is 14.8 Å². The maximum atomic E-state index is 11.9. The molecule has 7 heteroatoms. The van der Waals surface area contributed by atoms with Crippen LogP contribution in [0.1, 0.15) is 18.2 Å². The number of ether oxygens (including phenoxy) is 1. The molecule has 1 atom stereocenters. The number of nitrogens with one attached hydrogen (secondary N) is 2. The lowest BCUT2D eigenvalue weighted by atomic mass is 10.2. The first-order chi connectivity index (χ1) is 10.6. The Hall–Kier alpha value is -2.57. The fraction of sp³-hybridized carbons (Fsp3) is 0.400. The summed E-state index contributed by atoms with van der Waals surface area (Å²) in [7, 11) is 1.57. The third-order valence-electron chi connectivity index (χ3n) is 3.13. The van der Waals surface area contributed by atoms with Crippen LogP contribution in [-0.4, -0.2) is 33.7 Å². The van der Waals surface area contributed by atoms with Crippen LogP contribution in [-0.2, 0) is 13.1 Å². The molecule has 0 aliphatic carbocycles. The van der Waals surface area contributed by atoms with Gasteiger partial charge in [0.2, 0.25) is 5.88 Å². The summed E-state index contributed by atoms with van der Waals surface area (Å²) in [5.41, 5.74) is 1.71. The second kappa shape index (κ2) is 7.44. The van der Waals surface area contributed by atoms with Gasteiger partial charge in [0, 0.05) is 42.8 Å². The SMILES string of the molecule is COc1nc(C)ccc1CNC(=O)N[C@@H](C)Cn1ccnc1. The Morgan fingerprint density at radius 2 is 2.27 bits per heavy atom. The van der Waals surface area contributed by atoms with Crippen LogP contribution in [0.15, 0.2) is 30.9 Å². The molecule has 0 bridgehead atoms. The van der Waals surface area contributed by atoms with Gasteiger partial charge < -0.3 is 19.9 Å². The Morgan fingerprint density at radius 3 is 2.95 bits per heavy atom. The number of rotatable bonds is 6. The van der Waals surface area contributed by atoms with Gasteiger partial charge >= 0.3 is 6.03 Å². The first-order valence-corrected chi connectivity index (χ1v) is 7.09. The third kappa shape index (κ3) is 4.47. The molecule has 0 aliphatic heterocycles. The summed E-state index contributed by atoms with van der Waals surface area (Å²) in [6.45, 7) is 4.86. The lowest BCUT2D eigenvalue weighted by Gasteiger charge is -2.15. The van der Waals surface area contributed by atoms with Crippen LogP contribution in [0.25, 0.3) is 0 Å². The maximum absolute atomic E-state index is 11.9. The molecule has 0 unspecified atom stereocenters. The molecule has 0 saturated heterocycles. The van der Waals surface area contributed by atoms with Crippen LogP contribution in [0.4, 0.5) is 4.79 Å². The Morgan fingerprint density at radius 1 is 1.45 bits per heavy atom. The van der Waals surface area contributed by atoms with Gasteiger partial charge in [-0.15, -0.1) is 0 Å². The highest BCUT2D eigenvalue weighted by atomic mass is 16.5. The van der Waals surface area contributed by atoms with Gasteiger partial charge in [0.15, 0.2) is 0 Å². The van der Waals surface area contributed by atoms with Crippen molar-refractivity contribution in [2.24, 2.45) is 0 Å². The predicted molar refractivity (Wildman–Crippen MR) is 82.6 cm³/mol. The molecule has 2 rings (SSSR count). The summed E-state index contributed by atoms with van der Waals surface area (Å²) >= 11 is 0. The quantitative estimate of drug-likeness (QED) is 0.847. The van der Waals surface area contributed by atoms with E-state index in [-0.39, 0.29) is 12.1 Å². The minimum atomic E-state index is -0.227. The normalized spacial score (nSPS) is 11.8. The van der Waals surface area contributed by atoms with Crippen molar-refractivity contribution in [1.29, 1.82) is 0 Å². The van der Waals surface area contributed by atoms with Crippen LogP contribution in [0, 0.1) is 6.92 Å². The summed E-state index contributed by atoms with van der Waals surface area (Å²) in [6.07, 6.45) is 5.29. The zero-order valence-corrected chi connectivity index (χ0v) is 13.0. The highest BCUT2D eigenvalue weighted by molar-refractivity contribution is 5.74. The lowest BCUT2D eigenvalue weighted by molar-refractivity contribution is 0.236. The molecule has 0 aromatic carbocycles. The Balaban J connectivity index is 1.82. The fourth-order valence-electron chi connectivity index (χ4n) is 2.08. The van der Waals surface area contributed by atoms with Crippen LogP contribution < -0.4 is 15.4 Å². The van der Waals surface area contributed by atoms with Crippen molar-refractivity contribution in [3.8, 4) is 5.88 Å². The maximum Gasteiger partial charge on any atom is 0.315 e. The van der Waals surface area contributed by atoms with E-state index in [0.717, 1.165) is 11.3 Å². The second-order valence-corrected chi connectivity index (χ2v) is 5.11. The van der Waals surface area contributed by atoms with Crippen molar-refractivity contribution in [3.63, 3.8) is 0 Å². The summed E-state index contributed by atoms with van der Waals surface area (Å²) in [4.78, 5) is 20.2. The zero-order valence-electron chi connectivity index (χ0n) is 13.0. The van der Waals surface area contributed by atoms with E-state index in [1.807, 2.05) is 36.7 Å². The zero-order chi connectivity index (χ0) is 15.9. The molecule has 2 N–H and O–H groups in total. The topological polar surface area (TPSA) is 81.1 Å². The predicted octanol–water partition coefficient (Wildman–Crippen LogP) is 1.48. The molecule has 0 spiro atoms. The van der Waals surface area contributed by atoms with Crippen molar-refractivity contribution in [3.05, 3.63) is 42.1 Å². The van der Waals surface area contributed by atoms with E-state index >= 15 is 0 Å². The van der Waals surface area contributed by atoms with Gasteiger partial charge in [-0.1, -0.05) is 6.07 Å². The minimum Gasteiger partial charge on any atom is -0.481 e. The number of carbonyl (C=O) groups is 1. The molecule has 0 radical (unpaired) electrons. The van der Waals surface area contributed by atoms with Crippen LogP contribution in [0.5, 0.6) is 5.88 Å². The van der Waals surface area contributed by atoms with Crippen molar-refractivity contribution in [2.75, 3.05) is 7.11 Å². The summed E-state index contributed by atoms with van der Waals surface area (Å²) < 4.78 is 7.13. The summed E-state index contributed by atoms with van der Waals surface area (Å²) in [5, 5.41) is 5.69. The fourth-order valence-corrected chi connectivity index (χ4v) is 2.08. The standard InChI is InChI=1S/C15H21N5O2/c1-11-4-5-13(14(18-11)22-3)8-17-15(21)19-12(2)9-20-7-6-16-10-20/h4-7,10,12H,8-9H2,1-3H3,(H2,17,19,21)/t12-/m0/s1. The summed E-state index contributed by atoms with van der Waals surface area (Å²) in [6, 6.07) is 3.55. The smallest absolute Gasteiger partial charge is 0.315 e. The number of aryl methyl sites for hydroxylation is 1. The van der Waals surface area contributed by atoms with Gasteiger partial charge in [0.1, 0.15) is 0 Å². The third-order valence-corrected chi connectivity index (χ3v) is 3.13. The van der Waals surface area contributed by atoms with E-state index in [9.17, 15) is 4.79 Å². The number of pyridine rings is 1. The highest BCUT2D eigenvalue weighted by Gasteiger charge is 2.10. The molecular weight excluding hydrogens is 282 g/mol. The first-order valence-electron chi connectivity index (χ1n) is 7.09. The van der Waals surface area contributed by atoms with Crippen molar-refractivity contribution in [1.82, 2.24) is 25.2 Å². The van der Waals surface area contributed by atoms with Crippen LogP contribution >= 0.6 is 0 Å². The van der Waals surface area contributed by atoms with E-state index in [0.29, 0.717) is 19.0 Å². The largest absolute Gasteiger partial charge is 0.481 e. The monoisotopic (exact) mass is 303 g/mol. The molecule has 22 heavy (non-hydrogen) atoms. The second-order valence-electron chi connectivity index (χ2n) is 5.11. The van der Waals surface area contributed by atoms with Gasteiger partial charge in [-0.2, -0.15) is 0 Å². The van der Waals surface area contributed by atoms with Crippen LogP contribution in [0.2, 0.25) is 0 Å². The van der Waals surface area contributed by atoms with E-state index in [1.54, 1.807) is 19.6 Å². The van der Waals surface area contributed by atoms with Crippen molar-refractivity contribution < 1.29 is 9.53 Å². The number of hydrogen-bond acceptors (Lipinski definition) is 4. The number of carbonyl (C=O) groups excluding carboxylic acids is 1. The number of aromatic nitrogens is 3. The van der Waals surface area contributed by atoms with E-state index < -0.39 is 0 Å². The molecule has 2 aromatic rings. The van der Waals surface area contributed by atoms with Gasteiger partial charge in [0.05, 0.1) is 13.4 Å².